The molecule has 6 heteroatoms. The van der Waals surface area contributed by atoms with Crippen molar-refractivity contribution in [3.63, 3.8) is 0 Å². The third-order valence-corrected chi connectivity index (χ3v) is 2.68. The monoisotopic (exact) mass is 273 g/mol. The number of nitrogen functional groups attached to an aromatic ring is 1. The molecule has 0 amide bonds. The molecule has 0 radical (unpaired) electrons. The van der Waals surface area contributed by atoms with Crippen molar-refractivity contribution >= 4 is 11.9 Å². The Labute approximate surface area is 118 Å². The quantitative estimate of drug-likeness (QED) is 0.801. The summed E-state index contributed by atoms with van der Waals surface area (Å²) in [7, 11) is 0. The molecule has 0 spiro atoms. The Bertz CT molecular complexity index is 529. The Morgan fingerprint density at radius 2 is 2.00 bits per heavy atom. The molecule has 0 unspecified atom stereocenters. The smallest absolute Gasteiger partial charge is 0.227 e. The maximum absolute atomic E-state index is 5.54. The first-order valence-electron chi connectivity index (χ1n) is 6.68. The molecule has 0 aliphatic heterocycles. The van der Waals surface area contributed by atoms with Crippen LogP contribution < -0.4 is 15.8 Å². The summed E-state index contributed by atoms with van der Waals surface area (Å²) in [6, 6.07) is 8.11. The average Bonchev–Trinajstić information content (AvgIpc) is 2.46. The number of nitrogens with two attached hydrogens (primary N) is 1. The topological polar surface area (TPSA) is 86.0 Å². The lowest BCUT2D eigenvalue weighted by atomic mass is 10.1. The minimum Gasteiger partial charge on any atom is -0.494 e. The highest BCUT2D eigenvalue weighted by Crippen LogP contribution is 2.13. The van der Waals surface area contributed by atoms with E-state index in [0.717, 1.165) is 31.7 Å². The van der Waals surface area contributed by atoms with Crippen molar-refractivity contribution in [2.45, 2.75) is 19.8 Å². The van der Waals surface area contributed by atoms with Gasteiger partial charge >= 0.3 is 0 Å². The second-order valence-corrected chi connectivity index (χ2v) is 4.34. The second kappa shape index (κ2) is 7.28. The fourth-order valence-electron chi connectivity index (χ4n) is 1.69. The minimum atomic E-state index is 0.222. The SMILES string of the molecule is CCCOc1ccc(CCNc2ncnc(N)n2)cc1. The molecule has 20 heavy (non-hydrogen) atoms. The summed E-state index contributed by atoms with van der Waals surface area (Å²) >= 11 is 0. The van der Waals surface area contributed by atoms with Crippen LogP contribution in [0.1, 0.15) is 18.9 Å². The fraction of sp³-hybridized carbons (Fsp3) is 0.357. The molecule has 0 fully saturated rings. The van der Waals surface area contributed by atoms with Gasteiger partial charge in [0.2, 0.25) is 11.9 Å². The molecule has 0 atom stereocenters. The van der Waals surface area contributed by atoms with E-state index in [1.165, 1.54) is 11.9 Å². The van der Waals surface area contributed by atoms with Gasteiger partial charge in [0.05, 0.1) is 6.61 Å². The molecule has 6 nitrogen and oxygen atoms in total. The summed E-state index contributed by atoms with van der Waals surface area (Å²) in [6.45, 7) is 3.58. The number of rotatable bonds is 7. The number of hydrogen-bond donors (Lipinski definition) is 2. The van der Waals surface area contributed by atoms with Crippen LogP contribution in [-0.4, -0.2) is 28.1 Å². The van der Waals surface area contributed by atoms with Crippen molar-refractivity contribution in [3.05, 3.63) is 36.2 Å². The fourth-order valence-corrected chi connectivity index (χ4v) is 1.69. The van der Waals surface area contributed by atoms with E-state index in [9.17, 15) is 0 Å². The number of ether oxygens (including phenoxy) is 1. The van der Waals surface area contributed by atoms with Gasteiger partial charge in [-0.3, -0.25) is 0 Å². The van der Waals surface area contributed by atoms with Crippen LogP contribution in [0.2, 0.25) is 0 Å². The maximum Gasteiger partial charge on any atom is 0.227 e. The molecular weight excluding hydrogens is 254 g/mol. The van der Waals surface area contributed by atoms with E-state index < -0.39 is 0 Å². The van der Waals surface area contributed by atoms with Crippen molar-refractivity contribution in [2.75, 3.05) is 24.2 Å². The molecule has 0 aliphatic carbocycles. The van der Waals surface area contributed by atoms with E-state index >= 15 is 0 Å². The molecule has 0 bridgehead atoms. The van der Waals surface area contributed by atoms with E-state index in [1.807, 2.05) is 12.1 Å². The molecule has 3 N–H and O–H groups in total. The Morgan fingerprint density at radius 3 is 2.70 bits per heavy atom. The van der Waals surface area contributed by atoms with Crippen molar-refractivity contribution in [3.8, 4) is 5.75 Å². The normalized spacial score (nSPS) is 10.2. The van der Waals surface area contributed by atoms with E-state index in [0.29, 0.717) is 5.95 Å². The van der Waals surface area contributed by atoms with Crippen LogP contribution in [0.15, 0.2) is 30.6 Å². The zero-order chi connectivity index (χ0) is 14.2. The molecule has 106 valence electrons. The first-order chi connectivity index (χ1) is 9.78. The summed E-state index contributed by atoms with van der Waals surface area (Å²) in [4.78, 5) is 11.7. The average molecular weight is 273 g/mol. The molecular formula is C14H19N5O. The highest BCUT2D eigenvalue weighted by Gasteiger charge is 1.98. The third-order valence-electron chi connectivity index (χ3n) is 2.68. The van der Waals surface area contributed by atoms with Gasteiger partial charge in [-0.2, -0.15) is 4.98 Å². The zero-order valence-corrected chi connectivity index (χ0v) is 11.5. The Morgan fingerprint density at radius 1 is 1.20 bits per heavy atom. The predicted octanol–water partition coefficient (Wildman–Crippen LogP) is 1.90. The molecule has 1 aromatic carbocycles. The lowest BCUT2D eigenvalue weighted by molar-refractivity contribution is 0.317. The minimum absolute atomic E-state index is 0.222. The first-order valence-corrected chi connectivity index (χ1v) is 6.68. The van der Waals surface area contributed by atoms with Crippen LogP contribution in [0.25, 0.3) is 0 Å². The van der Waals surface area contributed by atoms with Gasteiger partial charge < -0.3 is 15.8 Å². The van der Waals surface area contributed by atoms with Gasteiger partial charge in [0, 0.05) is 6.54 Å². The molecule has 2 rings (SSSR count). The number of nitrogens with one attached hydrogen (secondary N) is 1. The van der Waals surface area contributed by atoms with Gasteiger partial charge in [0.1, 0.15) is 12.1 Å². The van der Waals surface area contributed by atoms with Gasteiger partial charge in [0.15, 0.2) is 0 Å². The summed E-state index contributed by atoms with van der Waals surface area (Å²) in [6.07, 6.45) is 3.28. The molecule has 1 aromatic heterocycles. The van der Waals surface area contributed by atoms with Crippen LogP contribution >= 0.6 is 0 Å². The van der Waals surface area contributed by atoms with Crippen molar-refractivity contribution in [2.24, 2.45) is 0 Å². The molecule has 0 aliphatic rings. The molecule has 0 saturated heterocycles. The lowest BCUT2D eigenvalue weighted by Gasteiger charge is -2.07. The summed E-state index contributed by atoms with van der Waals surface area (Å²) in [5.74, 6) is 1.63. The van der Waals surface area contributed by atoms with Gasteiger partial charge in [0.25, 0.3) is 0 Å². The Balaban J connectivity index is 1.79. The Kier molecular flexibility index (Phi) is 5.11. The largest absolute Gasteiger partial charge is 0.494 e. The highest BCUT2D eigenvalue weighted by atomic mass is 16.5. The third kappa shape index (κ3) is 4.38. The summed E-state index contributed by atoms with van der Waals surface area (Å²) in [5, 5.41) is 3.11. The first kappa shape index (κ1) is 14.0. The predicted molar refractivity (Wildman–Crippen MR) is 78.7 cm³/mol. The number of anilines is 2. The lowest BCUT2D eigenvalue weighted by Crippen LogP contribution is -2.09. The maximum atomic E-state index is 5.54. The van der Waals surface area contributed by atoms with Crippen molar-refractivity contribution in [1.29, 1.82) is 0 Å². The van der Waals surface area contributed by atoms with E-state index in [2.05, 4.69) is 39.3 Å². The van der Waals surface area contributed by atoms with E-state index in [1.54, 1.807) is 0 Å². The van der Waals surface area contributed by atoms with Gasteiger partial charge in [-0.15, -0.1) is 0 Å². The van der Waals surface area contributed by atoms with Crippen LogP contribution in [-0.2, 0) is 6.42 Å². The van der Waals surface area contributed by atoms with Gasteiger partial charge in [-0.25, -0.2) is 9.97 Å². The summed E-state index contributed by atoms with van der Waals surface area (Å²) < 4.78 is 5.54. The number of hydrogen-bond acceptors (Lipinski definition) is 6. The number of aromatic nitrogens is 3. The highest BCUT2D eigenvalue weighted by molar-refractivity contribution is 5.31. The molecule has 2 aromatic rings. The van der Waals surface area contributed by atoms with Crippen LogP contribution in [0.3, 0.4) is 0 Å². The van der Waals surface area contributed by atoms with Crippen molar-refractivity contribution in [1.82, 2.24) is 15.0 Å². The van der Waals surface area contributed by atoms with E-state index in [4.69, 9.17) is 10.5 Å². The number of benzene rings is 1. The molecule has 0 saturated carbocycles. The van der Waals surface area contributed by atoms with Crippen LogP contribution in [0, 0.1) is 0 Å². The number of nitrogens with zero attached hydrogens (tertiary/aromatic N) is 3. The van der Waals surface area contributed by atoms with Crippen LogP contribution in [0.4, 0.5) is 11.9 Å². The second-order valence-electron chi connectivity index (χ2n) is 4.34. The zero-order valence-electron chi connectivity index (χ0n) is 11.5. The standard InChI is InChI=1S/C14H19N5O/c1-2-9-20-12-5-3-11(4-6-12)7-8-16-14-18-10-17-13(15)19-14/h3-6,10H,2,7-9H2,1H3,(H3,15,16,17,18,19). The molecule has 1 heterocycles. The summed E-state index contributed by atoms with van der Waals surface area (Å²) in [5.41, 5.74) is 6.71. The van der Waals surface area contributed by atoms with E-state index in [-0.39, 0.29) is 5.95 Å². The Hall–Kier alpha value is -2.37. The van der Waals surface area contributed by atoms with Crippen LogP contribution in [0.5, 0.6) is 5.75 Å². The van der Waals surface area contributed by atoms with Crippen molar-refractivity contribution < 1.29 is 4.74 Å². The van der Waals surface area contributed by atoms with Gasteiger partial charge in [-0.05, 0) is 30.5 Å². The van der Waals surface area contributed by atoms with Gasteiger partial charge in [-0.1, -0.05) is 19.1 Å².